The van der Waals surface area contributed by atoms with Gasteiger partial charge in [-0.15, -0.1) is 0 Å². The summed E-state index contributed by atoms with van der Waals surface area (Å²) in [6.45, 7) is 3.62. The Bertz CT molecular complexity index is 964. The molecule has 1 aromatic carbocycles. The van der Waals surface area contributed by atoms with Crippen molar-refractivity contribution in [1.82, 2.24) is 9.97 Å². The number of nitrogens with one attached hydrogen (secondary N) is 2. The van der Waals surface area contributed by atoms with E-state index < -0.39 is 0 Å². The summed E-state index contributed by atoms with van der Waals surface area (Å²) in [4.78, 5) is 8.98. The highest BCUT2D eigenvalue weighted by Crippen LogP contribution is 2.59. The van der Waals surface area contributed by atoms with Gasteiger partial charge in [-0.1, -0.05) is 24.3 Å². The molecule has 4 aliphatic carbocycles. The molecule has 0 saturated heterocycles. The number of aromatic nitrogens is 2. The number of anilines is 2. The van der Waals surface area contributed by atoms with Gasteiger partial charge in [0, 0.05) is 19.1 Å². The molecule has 2 unspecified atom stereocenters. The predicted octanol–water partition coefficient (Wildman–Crippen LogP) is 3.83. The molecular formula is C24H30N6. The number of nitrogens with two attached hydrogens (primary N) is 1. The largest absolute Gasteiger partial charge is 0.368 e. The van der Waals surface area contributed by atoms with Crippen LogP contribution in [0, 0.1) is 41.4 Å². The number of hydrogen-bond acceptors (Lipinski definition) is 6. The highest BCUT2D eigenvalue weighted by Gasteiger charge is 2.54. The molecular weight excluding hydrogens is 372 g/mol. The molecule has 5 atom stereocenters. The summed E-state index contributed by atoms with van der Waals surface area (Å²) >= 11 is 0. The minimum atomic E-state index is 0.304. The summed E-state index contributed by atoms with van der Waals surface area (Å²) in [6.07, 6.45) is 7.93. The highest BCUT2D eigenvalue weighted by molar-refractivity contribution is 5.53. The number of nitriles is 1. The molecule has 4 fully saturated rings. The maximum atomic E-state index is 9.54. The van der Waals surface area contributed by atoms with E-state index in [4.69, 9.17) is 5.73 Å². The third-order valence-corrected chi connectivity index (χ3v) is 7.71. The first kappa shape index (κ1) is 19.3. The third kappa shape index (κ3) is 3.52. The molecule has 1 heterocycles. The summed E-state index contributed by atoms with van der Waals surface area (Å²) in [7, 11) is 0. The van der Waals surface area contributed by atoms with Crippen LogP contribution in [-0.2, 0) is 6.54 Å². The number of nitrogens with zero attached hydrogens (tertiary/aromatic N) is 3. The van der Waals surface area contributed by atoms with Crippen molar-refractivity contribution in [2.45, 2.75) is 51.6 Å². The Balaban J connectivity index is 1.29. The molecule has 2 aromatic rings. The average Bonchev–Trinajstić information content (AvgIpc) is 2.75. The molecule has 6 nitrogen and oxygen atoms in total. The zero-order valence-electron chi connectivity index (χ0n) is 17.6. The zero-order valence-corrected chi connectivity index (χ0v) is 17.6. The van der Waals surface area contributed by atoms with E-state index in [1.165, 1.54) is 43.2 Å². The van der Waals surface area contributed by atoms with Gasteiger partial charge in [-0.3, -0.25) is 0 Å². The second kappa shape index (κ2) is 7.55. The Kier molecular flexibility index (Phi) is 4.86. The lowest BCUT2D eigenvalue weighted by molar-refractivity contribution is -0.0591. The zero-order chi connectivity index (χ0) is 20.7. The van der Waals surface area contributed by atoms with Gasteiger partial charge in [0.05, 0.1) is 6.20 Å². The van der Waals surface area contributed by atoms with E-state index in [0.29, 0.717) is 47.2 Å². The molecule has 0 aliphatic heterocycles. The number of aryl methyl sites for hydroxylation is 1. The quantitative estimate of drug-likeness (QED) is 0.679. The van der Waals surface area contributed by atoms with Crippen LogP contribution in [0.4, 0.5) is 11.8 Å². The summed E-state index contributed by atoms with van der Waals surface area (Å²) in [5.41, 5.74) is 9.75. The van der Waals surface area contributed by atoms with Crippen LogP contribution in [0.3, 0.4) is 0 Å². The van der Waals surface area contributed by atoms with Crippen molar-refractivity contribution in [3.05, 3.63) is 47.2 Å². The van der Waals surface area contributed by atoms with E-state index in [-0.39, 0.29) is 0 Å². The second-order valence-corrected chi connectivity index (χ2v) is 9.75. The van der Waals surface area contributed by atoms with Gasteiger partial charge in [-0.2, -0.15) is 10.2 Å². The predicted molar refractivity (Wildman–Crippen MR) is 118 cm³/mol. The van der Waals surface area contributed by atoms with Gasteiger partial charge in [-0.05, 0) is 73.3 Å². The molecule has 4 aliphatic rings. The van der Waals surface area contributed by atoms with Gasteiger partial charge in [0.15, 0.2) is 0 Å². The number of rotatable bonds is 6. The van der Waals surface area contributed by atoms with Crippen LogP contribution in [0.15, 0.2) is 30.5 Å². The lowest BCUT2D eigenvalue weighted by atomic mass is 9.48. The fraction of sp³-hybridized carbons (Fsp3) is 0.542. The minimum absolute atomic E-state index is 0.304. The number of benzene rings is 1. The fourth-order valence-corrected chi connectivity index (χ4v) is 6.39. The standard InChI is InChI=1S/C24H30N6/c1-15-4-2-3-5-17(15)12-27-23-28-13-20(11-25)22(30-23)29-14-24-8-16-6-18(9-24)21(26)19(7-16)10-24/h2-5,13,16,18-19,21H,6-10,12,14,26H2,1H3,(H2,27,28,29,30)/t16?,18-,19+,21-,24?. The molecule has 1 aromatic heterocycles. The molecule has 4 N–H and O–H groups in total. The monoisotopic (exact) mass is 402 g/mol. The van der Waals surface area contributed by atoms with Crippen molar-refractivity contribution in [2.75, 3.05) is 17.2 Å². The van der Waals surface area contributed by atoms with Crippen molar-refractivity contribution in [1.29, 1.82) is 5.26 Å². The lowest BCUT2D eigenvalue weighted by Crippen LogP contribution is -2.58. The van der Waals surface area contributed by atoms with Gasteiger partial charge < -0.3 is 16.4 Å². The first-order chi connectivity index (χ1) is 14.5. The molecule has 6 rings (SSSR count). The van der Waals surface area contributed by atoms with E-state index in [0.717, 1.165) is 12.5 Å². The maximum absolute atomic E-state index is 9.54. The molecule has 6 heteroatoms. The van der Waals surface area contributed by atoms with Crippen LogP contribution < -0.4 is 16.4 Å². The van der Waals surface area contributed by atoms with Crippen LogP contribution in [0.1, 0.15) is 48.8 Å². The summed E-state index contributed by atoms with van der Waals surface area (Å²) in [5, 5.41) is 16.4. The second-order valence-electron chi connectivity index (χ2n) is 9.75. The lowest BCUT2D eigenvalue weighted by Gasteiger charge is -2.59. The van der Waals surface area contributed by atoms with Gasteiger partial charge >= 0.3 is 0 Å². The SMILES string of the molecule is Cc1ccccc1CNc1ncc(C#N)c(NCC23CC4C[C@H](C2)[C@@H](N)[C@@H](C4)C3)n1. The Morgan fingerprint density at radius 2 is 1.93 bits per heavy atom. The molecule has 30 heavy (non-hydrogen) atoms. The van der Waals surface area contributed by atoms with E-state index in [2.05, 4.69) is 45.7 Å². The fourth-order valence-electron chi connectivity index (χ4n) is 6.39. The Morgan fingerprint density at radius 1 is 1.17 bits per heavy atom. The smallest absolute Gasteiger partial charge is 0.224 e. The number of hydrogen-bond donors (Lipinski definition) is 3. The van der Waals surface area contributed by atoms with Gasteiger partial charge in [-0.25, -0.2) is 4.98 Å². The van der Waals surface area contributed by atoms with Crippen molar-refractivity contribution in [3.8, 4) is 6.07 Å². The Morgan fingerprint density at radius 3 is 2.67 bits per heavy atom. The van der Waals surface area contributed by atoms with Crippen LogP contribution in [0.5, 0.6) is 0 Å². The Labute approximate surface area is 178 Å². The van der Waals surface area contributed by atoms with Crippen LogP contribution in [0.2, 0.25) is 0 Å². The highest BCUT2D eigenvalue weighted by atomic mass is 15.1. The van der Waals surface area contributed by atoms with Crippen molar-refractivity contribution >= 4 is 11.8 Å². The topological polar surface area (TPSA) is 99.7 Å². The van der Waals surface area contributed by atoms with Crippen molar-refractivity contribution in [2.24, 2.45) is 28.9 Å². The summed E-state index contributed by atoms with van der Waals surface area (Å²) in [6, 6.07) is 10.9. The molecule has 0 radical (unpaired) electrons. The minimum Gasteiger partial charge on any atom is -0.368 e. The third-order valence-electron chi connectivity index (χ3n) is 7.71. The first-order valence-electron chi connectivity index (χ1n) is 11.1. The van der Waals surface area contributed by atoms with Gasteiger partial charge in [0.2, 0.25) is 5.95 Å². The maximum Gasteiger partial charge on any atom is 0.224 e. The van der Waals surface area contributed by atoms with Crippen LogP contribution in [-0.4, -0.2) is 22.6 Å². The summed E-state index contributed by atoms with van der Waals surface area (Å²) < 4.78 is 0. The normalized spacial score (nSPS) is 31.4. The van der Waals surface area contributed by atoms with E-state index in [1.54, 1.807) is 6.20 Å². The Hall–Kier alpha value is -2.65. The summed E-state index contributed by atoms with van der Waals surface area (Å²) in [5.74, 6) is 3.36. The first-order valence-corrected chi connectivity index (χ1v) is 11.1. The molecule has 4 saturated carbocycles. The molecule has 156 valence electrons. The molecule has 4 bridgehead atoms. The van der Waals surface area contributed by atoms with E-state index >= 15 is 0 Å². The molecule has 0 spiro atoms. The van der Waals surface area contributed by atoms with E-state index in [1.807, 2.05) is 12.1 Å². The van der Waals surface area contributed by atoms with Gasteiger partial charge in [0.1, 0.15) is 17.5 Å². The average molecular weight is 403 g/mol. The molecule has 0 amide bonds. The van der Waals surface area contributed by atoms with Crippen LogP contribution >= 0.6 is 0 Å². The van der Waals surface area contributed by atoms with Crippen LogP contribution in [0.25, 0.3) is 0 Å². The van der Waals surface area contributed by atoms with E-state index in [9.17, 15) is 5.26 Å². The van der Waals surface area contributed by atoms with Gasteiger partial charge in [0.25, 0.3) is 0 Å². The van der Waals surface area contributed by atoms with Crippen molar-refractivity contribution < 1.29 is 0 Å². The van der Waals surface area contributed by atoms with Crippen molar-refractivity contribution in [3.63, 3.8) is 0 Å².